The van der Waals surface area contributed by atoms with E-state index in [1.54, 1.807) is 0 Å². The standard InChI is InChI=1S/C12H16N2/c1-2-4-10-9(3-1)7-14-12-8-13-6-5-11(10)12/h1-4,11-14H,5-8H2/i7D2. The Morgan fingerprint density at radius 2 is 2.29 bits per heavy atom. The highest BCUT2D eigenvalue weighted by molar-refractivity contribution is 5.34. The number of hydrogen-bond acceptors (Lipinski definition) is 2. The Bertz CT molecular complexity index is 406. The van der Waals surface area contributed by atoms with Crippen LogP contribution in [0.1, 0.15) is 26.2 Å². The molecule has 2 heteroatoms. The van der Waals surface area contributed by atoms with Crippen LogP contribution in [0.3, 0.4) is 0 Å². The van der Waals surface area contributed by atoms with Gasteiger partial charge in [-0.25, -0.2) is 0 Å². The quantitative estimate of drug-likeness (QED) is 0.643. The van der Waals surface area contributed by atoms with Crippen LogP contribution in [-0.4, -0.2) is 19.1 Å². The molecular weight excluding hydrogens is 172 g/mol. The smallest absolute Gasteiger partial charge is 0.0479 e. The van der Waals surface area contributed by atoms with E-state index in [4.69, 9.17) is 2.74 Å². The molecule has 1 aromatic carbocycles. The van der Waals surface area contributed by atoms with Gasteiger partial charge in [0, 0.05) is 27.7 Å². The summed E-state index contributed by atoms with van der Waals surface area (Å²) in [4.78, 5) is 0. The van der Waals surface area contributed by atoms with Crippen LogP contribution in [0.4, 0.5) is 0 Å². The molecule has 0 aliphatic carbocycles. The van der Waals surface area contributed by atoms with Crippen LogP contribution >= 0.6 is 0 Å². The first-order valence-electron chi connectivity index (χ1n) is 6.26. The summed E-state index contributed by atoms with van der Waals surface area (Å²) in [6, 6.07) is 8.13. The monoisotopic (exact) mass is 190 g/mol. The Kier molecular flexibility index (Phi) is 1.59. The first-order chi connectivity index (χ1) is 7.68. The molecule has 0 bridgehead atoms. The molecule has 2 atom stereocenters. The molecule has 0 saturated carbocycles. The molecule has 0 amide bonds. The summed E-state index contributed by atoms with van der Waals surface area (Å²) in [5.74, 6) is 0.460. The van der Waals surface area contributed by atoms with Gasteiger partial charge in [0.1, 0.15) is 0 Å². The molecule has 2 N–H and O–H groups in total. The Labute approximate surface area is 87.5 Å². The summed E-state index contributed by atoms with van der Waals surface area (Å²) in [5.41, 5.74) is 2.01. The molecule has 1 fully saturated rings. The van der Waals surface area contributed by atoms with Crippen molar-refractivity contribution in [3.8, 4) is 0 Å². The highest BCUT2D eigenvalue weighted by atomic mass is 15.0. The van der Waals surface area contributed by atoms with Gasteiger partial charge >= 0.3 is 0 Å². The van der Waals surface area contributed by atoms with E-state index in [0.717, 1.165) is 25.1 Å². The summed E-state index contributed by atoms with van der Waals surface area (Å²) in [6.45, 7) is 0.496. The molecule has 0 spiro atoms. The fourth-order valence-electron chi connectivity index (χ4n) is 2.49. The van der Waals surface area contributed by atoms with Crippen molar-refractivity contribution >= 4 is 0 Å². The third-order valence-corrected chi connectivity index (χ3v) is 3.23. The van der Waals surface area contributed by atoms with Gasteiger partial charge in [0.15, 0.2) is 0 Å². The minimum absolute atomic E-state index is 0.221. The van der Waals surface area contributed by atoms with Crippen LogP contribution in [0.5, 0.6) is 0 Å². The molecule has 0 aromatic heterocycles. The molecule has 3 rings (SSSR count). The number of rotatable bonds is 0. The van der Waals surface area contributed by atoms with Crippen molar-refractivity contribution in [2.24, 2.45) is 0 Å². The first kappa shape index (κ1) is 6.59. The van der Waals surface area contributed by atoms with E-state index >= 15 is 0 Å². The van der Waals surface area contributed by atoms with Gasteiger partial charge in [-0.15, -0.1) is 0 Å². The van der Waals surface area contributed by atoms with Crippen molar-refractivity contribution in [3.05, 3.63) is 35.4 Å². The van der Waals surface area contributed by atoms with Gasteiger partial charge in [0.25, 0.3) is 0 Å². The lowest BCUT2D eigenvalue weighted by Crippen LogP contribution is -2.50. The van der Waals surface area contributed by atoms with Gasteiger partial charge in [-0.05, 0) is 24.1 Å². The number of fused-ring (bicyclic) bond motifs is 3. The summed E-state index contributed by atoms with van der Waals surface area (Å²) < 4.78 is 16.1. The SMILES string of the molecule is [2H]C1([2H])NC2CNCCC2c2ccccc21. The zero-order chi connectivity index (χ0) is 11.2. The zero-order valence-corrected chi connectivity index (χ0v) is 8.09. The van der Waals surface area contributed by atoms with E-state index in [2.05, 4.69) is 16.7 Å². The van der Waals surface area contributed by atoms with Crippen LogP contribution in [0, 0.1) is 0 Å². The summed E-state index contributed by atoms with van der Waals surface area (Å²) in [7, 11) is 0. The van der Waals surface area contributed by atoms with Crippen LogP contribution in [0.2, 0.25) is 0 Å². The molecule has 14 heavy (non-hydrogen) atoms. The molecule has 2 aliphatic heterocycles. The van der Waals surface area contributed by atoms with Gasteiger partial charge in [-0.3, -0.25) is 0 Å². The van der Waals surface area contributed by atoms with E-state index in [0.29, 0.717) is 5.92 Å². The van der Waals surface area contributed by atoms with Gasteiger partial charge in [0.2, 0.25) is 0 Å². The maximum atomic E-state index is 8.06. The van der Waals surface area contributed by atoms with Crippen LogP contribution in [-0.2, 0) is 6.50 Å². The van der Waals surface area contributed by atoms with E-state index in [-0.39, 0.29) is 6.04 Å². The van der Waals surface area contributed by atoms with Crippen molar-refractivity contribution in [2.75, 3.05) is 13.1 Å². The van der Waals surface area contributed by atoms with Crippen LogP contribution in [0.25, 0.3) is 0 Å². The third-order valence-electron chi connectivity index (χ3n) is 3.23. The maximum absolute atomic E-state index is 8.06. The minimum Gasteiger partial charge on any atom is -0.315 e. The van der Waals surface area contributed by atoms with Gasteiger partial charge in [-0.2, -0.15) is 0 Å². The number of benzene rings is 1. The molecule has 2 heterocycles. The molecule has 2 unspecified atom stereocenters. The Balaban J connectivity index is 2.09. The van der Waals surface area contributed by atoms with Gasteiger partial charge in [-0.1, -0.05) is 24.3 Å². The highest BCUT2D eigenvalue weighted by Crippen LogP contribution is 2.31. The van der Waals surface area contributed by atoms with Gasteiger partial charge in [0.05, 0.1) is 0 Å². The topological polar surface area (TPSA) is 24.1 Å². The second kappa shape index (κ2) is 3.37. The second-order valence-electron chi connectivity index (χ2n) is 4.06. The summed E-state index contributed by atoms with van der Waals surface area (Å²) in [6.07, 6.45) is 1.09. The van der Waals surface area contributed by atoms with Crippen molar-refractivity contribution in [1.82, 2.24) is 10.6 Å². The number of nitrogens with one attached hydrogen (secondary N) is 2. The fourth-order valence-corrected chi connectivity index (χ4v) is 2.49. The normalized spacial score (nSPS) is 36.3. The van der Waals surface area contributed by atoms with Gasteiger partial charge < -0.3 is 10.6 Å². The molecule has 1 aromatic rings. The number of piperidine rings is 1. The highest BCUT2D eigenvalue weighted by Gasteiger charge is 2.30. The zero-order valence-electron chi connectivity index (χ0n) is 10.1. The third kappa shape index (κ3) is 1.26. The van der Waals surface area contributed by atoms with E-state index in [1.165, 1.54) is 5.56 Å². The Morgan fingerprint density at radius 3 is 3.29 bits per heavy atom. The van der Waals surface area contributed by atoms with Crippen molar-refractivity contribution in [2.45, 2.75) is 24.9 Å². The average Bonchev–Trinajstić information content (AvgIpc) is 2.29. The molecule has 74 valence electrons. The van der Waals surface area contributed by atoms with E-state index in [9.17, 15) is 0 Å². The molecule has 0 radical (unpaired) electrons. The molecular formula is C12H16N2. The predicted octanol–water partition coefficient (Wildman–Crippen LogP) is 1.24. The lowest BCUT2D eigenvalue weighted by molar-refractivity contribution is 0.324. The van der Waals surface area contributed by atoms with Crippen molar-refractivity contribution in [1.29, 1.82) is 0 Å². The van der Waals surface area contributed by atoms with Crippen LogP contribution in [0.15, 0.2) is 24.3 Å². The van der Waals surface area contributed by atoms with E-state index < -0.39 is 6.50 Å². The van der Waals surface area contributed by atoms with E-state index in [1.807, 2.05) is 18.2 Å². The fraction of sp³-hybridized carbons (Fsp3) is 0.500. The lowest BCUT2D eigenvalue weighted by atomic mass is 9.81. The molecule has 2 nitrogen and oxygen atoms in total. The second-order valence-corrected chi connectivity index (χ2v) is 4.06. The molecule has 1 saturated heterocycles. The average molecular weight is 190 g/mol. The largest absolute Gasteiger partial charge is 0.315 e. The minimum atomic E-state index is -1.39. The Morgan fingerprint density at radius 1 is 1.36 bits per heavy atom. The van der Waals surface area contributed by atoms with Crippen molar-refractivity contribution in [3.63, 3.8) is 0 Å². The summed E-state index contributed by atoms with van der Waals surface area (Å²) in [5, 5.41) is 6.45. The summed E-state index contributed by atoms with van der Waals surface area (Å²) >= 11 is 0. The maximum Gasteiger partial charge on any atom is 0.0479 e. The molecule has 2 aliphatic rings. The van der Waals surface area contributed by atoms with Crippen LogP contribution < -0.4 is 10.6 Å². The van der Waals surface area contributed by atoms with Crippen molar-refractivity contribution < 1.29 is 2.74 Å². The lowest BCUT2D eigenvalue weighted by Gasteiger charge is -2.38. The number of hydrogen-bond donors (Lipinski definition) is 2. The Hall–Kier alpha value is -0.860. The predicted molar refractivity (Wildman–Crippen MR) is 57.3 cm³/mol. The first-order valence-corrected chi connectivity index (χ1v) is 5.26.